The van der Waals surface area contributed by atoms with Gasteiger partial charge in [-0.1, -0.05) is 50.5 Å². The third kappa shape index (κ3) is 5.39. The first-order chi connectivity index (χ1) is 17.1. The van der Waals surface area contributed by atoms with Crippen molar-refractivity contribution in [3.63, 3.8) is 0 Å². The molecule has 1 unspecified atom stereocenters. The molecule has 7 heteroatoms. The highest BCUT2D eigenvalue weighted by molar-refractivity contribution is 5.96. The van der Waals surface area contributed by atoms with Crippen molar-refractivity contribution in [3.05, 3.63) is 53.6 Å². The summed E-state index contributed by atoms with van der Waals surface area (Å²) >= 11 is 0. The van der Waals surface area contributed by atoms with Crippen LogP contribution in [0.3, 0.4) is 0 Å². The number of carbonyl (C=O) groups excluding carboxylic acids is 2. The molecule has 2 amide bonds. The van der Waals surface area contributed by atoms with Crippen molar-refractivity contribution in [2.75, 3.05) is 27.4 Å². The van der Waals surface area contributed by atoms with Gasteiger partial charge in [0.2, 0.25) is 5.91 Å². The summed E-state index contributed by atoms with van der Waals surface area (Å²) in [6, 6.07) is 12.5. The number of methoxy groups -OCH3 is 2. The highest BCUT2D eigenvalue weighted by Gasteiger charge is 2.43. The molecule has 1 saturated carbocycles. The molecule has 1 aliphatic heterocycles. The molecule has 188 valence electrons. The van der Waals surface area contributed by atoms with Gasteiger partial charge in [-0.25, -0.2) is 0 Å². The average molecular weight is 481 g/mol. The van der Waals surface area contributed by atoms with Gasteiger partial charge in [-0.05, 0) is 43.0 Å². The van der Waals surface area contributed by atoms with Crippen molar-refractivity contribution < 1.29 is 23.8 Å². The normalized spacial score (nSPS) is 19.1. The Bertz CT molecular complexity index is 1030. The highest BCUT2D eigenvalue weighted by Crippen LogP contribution is 2.38. The molecule has 0 radical (unpaired) electrons. The van der Waals surface area contributed by atoms with Crippen molar-refractivity contribution in [2.45, 2.75) is 64.1 Å². The van der Waals surface area contributed by atoms with Crippen LogP contribution in [0.2, 0.25) is 0 Å². The number of benzene rings is 2. The van der Waals surface area contributed by atoms with Crippen LogP contribution in [0, 0.1) is 0 Å². The molecule has 35 heavy (non-hydrogen) atoms. The van der Waals surface area contributed by atoms with E-state index < -0.39 is 6.04 Å². The van der Waals surface area contributed by atoms with E-state index in [0.717, 1.165) is 43.2 Å². The fourth-order valence-electron chi connectivity index (χ4n) is 5.16. The predicted octanol–water partition coefficient (Wildman–Crippen LogP) is 4.74. The lowest BCUT2D eigenvalue weighted by molar-refractivity contribution is -0.160. The first kappa shape index (κ1) is 24.9. The van der Waals surface area contributed by atoms with E-state index in [-0.39, 0.29) is 30.9 Å². The molecule has 4 rings (SSSR count). The molecule has 1 aliphatic carbocycles. The second kappa shape index (κ2) is 11.5. The van der Waals surface area contributed by atoms with Crippen LogP contribution in [0.5, 0.6) is 17.2 Å². The molecule has 0 N–H and O–H groups in total. The molecule has 2 fully saturated rings. The lowest BCUT2D eigenvalue weighted by Gasteiger charge is -2.44. The number of hydrogen-bond donors (Lipinski definition) is 0. The Morgan fingerprint density at radius 1 is 0.914 bits per heavy atom. The monoisotopic (exact) mass is 480 g/mol. The lowest BCUT2D eigenvalue weighted by atomic mass is 9.91. The van der Waals surface area contributed by atoms with Gasteiger partial charge in [-0.2, -0.15) is 0 Å². The summed E-state index contributed by atoms with van der Waals surface area (Å²) < 4.78 is 16.9. The molecule has 1 atom stereocenters. The van der Waals surface area contributed by atoms with Crippen LogP contribution in [-0.4, -0.2) is 55.0 Å². The largest absolute Gasteiger partial charge is 0.496 e. The molecule has 2 aromatic carbocycles. The summed E-state index contributed by atoms with van der Waals surface area (Å²) in [5.41, 5.74) is 1.58. The molecule has 1 heterocycles. The smallest absolute Gasteiger partial charge is 0.250 e. The zero-order chi connectivity index (χ0) is 24.8. The van der Waals surface area contributed by atoms with Gasteiger partial charge in [0.25, 0.3) is 5.91 Å². The molecule has 0 spiro atoms. The number of ether oxygens (including phenoxy) is 3. The maximum atomic E-state index is 14.0. The second-order valence-corrected chi connectivity index (χ2v) is 9.25. The minimum absolute atomic E-state index is 0.0318. The molecule has 2 aliphatic rings. The molecule has 2 aromatic rings. The van der Waals surface area contributed by atoms with Gasteiger partial charge in [-0.15, -0.1) is 0 Å². The number of para-hydroxylation sites is 1. The van der Waals surface area contributed by atoms with E-state index in [9.17, 15) is 9.59 Å². The van der Waals surface area contributed by atoms with Gasteiger partial charge in [0.1, 0.15) is 18.3 Å². The van der Waals surface area contributed by atoms with Crippen LogP contribution in [-0.2, 0) is 16.1 Å². The minimum Gasteiger partial charge on any atom is -0.496 e. The van der Waals surface area contributed by atoms with Crippen molar-refractivity contribution in [2.24, 2.45) is 0 Å². The average Bonchev–Trinajstić information content (AvgIpc) is 2.90. The van der Waals surface area contributed by atoms with Crippen LogP contribution < -0.4 is 14.2 Å². The molecule has 1 saturated heterocycles. The molecule has 0 aromatic heterocycles. The van der Waals surface area contributed by atoms with E-state index in [1.54, 1.807) is 19.1 Å². The second-order valence-electron chi connectivity index (χ2n) is 9.25. The molecular weight excluding hydrogens is 444 g/mol. The van der Waals surface area contributed by atoms with E-state index in [1.165, 1.54) is 6.42 Å². The highest BCUT2D eigenvalue weighted by atomic mass is 16.5. The number of amides is 2. The summed E-state index contributed by atoms with van der Waals surface area (Å²) in [6.07, 6.45) is 6.15. The zero-order valence-electron chi connectivity index (χ0n) is 21.0. The van der Waals surface area contributed by atoms with Gasteiger partial charge in [0.15, 0.2) is 11.5 Å². The minimum atomic E-state index is -0.739. The third-order valence-corrected chi connectivity index (χ3v) is 6.97. The van der Waals surface area contributed by atoms with E-state index in [2.05, 4.69) is 0 Å². The van der Waals surface area contributed by atoms with Gasteiger partial charge >= 0.3 is 0 Å². The summed E-state index contributed by atoms with van der Waals surface area (Å²) in [6.45, 7) is 3.02. The molecule has 0 bridgehead atoms. The van der Waals surface area contributed by atoms with Crippen LogP contribution in [0.25, 0.3) is 0 Å². The van der Waals surface area contributed by atoms with Crippen LogP contribution in [0.15, 0.2) is 42.5 Å². The predicted molar refractivity (Wildman–Crippen MR) is 134 cm³/mol. The van der Waals surface area contributed by atoms with Crippen molar-refractivity contribution in [1.82, 2.24) is 9.80 Å². The maximum Gasteiger partial charge on any atom is 0.250 e. The Hall–Kier alpha value is -3.22. The summed E-state index contributed by atoms with van der Waals surface area (Å²) in [5.74, 6) is 1.80. The standard InChI is InChI=1S/C28H36N2O5/c1-4-16-35-24-15-14-20(17-25(24)34-3)27-28(32)29(22-11-6-5-7-12-22)19-26(31)30(27)18-21-10-8-9-13-23(21)33-2/h8-10,13-15,17,22,27H,4-7,11-12,16,18-19H2,1-3H3. The fraction of sp³-hybridized carbons (Fsp3) is 0.500. The Labute approximate surface area is 207 Å². The van der Waals surface area contributed by atoms with Gasteiger partial charge in [0, 0.05) is 11.6 Å². The van der Waals surface area contributed by atoms with Crippen molar-refractivity contribution >= 4 is 11.8 Å². The molecular formula is C28H36N2O5. The van der Waals surface area contributed by atoms with Crippen LogP contribution in [0.4, 0.5) is 0 Å². The van der Waals surface area contributed by atoms with Crippen molar-refractivity contribution in [3.8, 4) is 17.2 Å². The summed E-state index contributed by atoms with van der Waals surface area (Å²) in [4.78, 5) is 31.1. The fourth-order valence-corrected chi connectivity index (χ4v) is 5.16. The van der Waals surface area contributed by atoms with E-state index in [4.69, 9.17) is 14.2 Å². The number of hydrogen-bond acceptors (Lipinski definition) is 5. The first-order valence-electron chi connectivity index (χ1n) is 12.6. The Morgan fingerprint density at radius 2 is 1.66 bits per heavy atom. The van der Waals surface area contributed by atoms with Gasteiger partial charge < -0.3 is 24.0 Å². The number of rotatable bonds is 9. The Balaban J connectivity index is 1.72. The van der Waals surface area contributed by atoms with Gasteiger partial charge in [0.05, 0.1) is 27.4 Å². The first-order valence-corrected chi connectivity index (χ1v) is 12.6. The van der Waals surface area contributed by atoms with E-state index >= 15 is 0 Å². The zero-order valence-corrected chi connectivity index (χ0v) is 21.0. The lowest BCUT2D eigenvalue weighted by Crippen LogP contribution is -2.58. The van der Waals surface area contributed by atoms with Crippen LogP contribution in [0.1, 0.15) is 62.6 Å². The van der Waals surface area contributed by atoms with Crippen molar-refractivity contribution in [1.29, 1.82) is 0 Å². The quantitative estimate of drug-likeness (QED) is 0.519. The number of piperazine rings is 1. The summed E-state index contributed by atoms with van der Waals surface area (Å²) in [5, 5.41) is 0. The molecule has 7 nitrogen and oxygen atoms in total. The van der Waals surface area contributed by atoms with E-state index in [0.29, 0.717) is 23.9 Å². The SMILES string of the molecule is CCCOc1ccc(C2C(=O)N(C3CCCCC3)CC(=O)N2Cc2ccccc2OC)cc1OC. The summed E-state index contributed by atoms with van der Waals surface area (Å²) in [7, 11) is 3.21. The van der Waals surface area contributed by atoms with E-state index in [1.807, 2.05) is 54.3 Å². The van der Waals surface area contributed by atoms with Crippen LogP contribution >= 0.6 is 0 Å². The number of nitrogens with zero attached hydrogens (tertiary/aromatic N) is 2. The Morgan fingerprint density at radius 3 is 2.37 bits per heavy atom. The Kier molecular flexibility index (Phi) is 8.16. The maximum absolute atomic E-state index is 14.0. The topological polar surface area (TPSA) is 68.3 Å². The van der Waals surface area contributed by atoms with Gasteiger partial charge in [-0.3, -0.25) is 9.59 Å². The third-order valence-electron chi connectivity index (χ3n) is 6.97. The number of carbonyl (C=O) groups is 2.